The monoisotopic (exact) mass is 295 g/mol. The van der Waals surface area contributed by atoms with Gasteiger partial charge in [-0.2, -0.15) is 0 Å². The summed E-state index contributed by atoms with van der Waals surface area (Å²) in [5.41, 5.74) is 0. The number of hydrogen-bond donors (Lipinski definition) is 1. The molecule has 120 valence electrons. The van der Waals surface area contributed by atoms with Crippen molar-refractivity contribution in [2.75, 3.05) is 32.7 Å². The molecule has 5 nitrogen and oxygen atoms in total. The lowest BCUT2D eigenvalue weighted by Gasteiger charge is -2.41. The average molecular weight is 295 g/mol. The van der Waals surface area contributed by atoms with Gasteiger partial charge in [-0.3, -0.25) is 9.69 Å². The van der Waals surface area contributed by atoms with Gasteiger partial charge in [-0.15, -0.1) is 0 Å². The van der Waals surface area contributed by atoms with Crippen LogP contribution in [0.4, 0.5) is 0 Å². The van der Waals surface area contributed by atoms with E-state index in [-0.39, 0.29) is 6.04 Å². The van der Waals surface area contributed by atoms with E-state index in [2.05, 4.69) is 29.0 Å². The smallest absolute Gasteiger partial charge is 0.240 e. The number of rotatable bonds is 2. The van der Waals surface area contributed by atoms with Gasteiger partial charge in [0, 0.05) is 32.2 Å². The van der Waals surface area contributed by atoms with Crippen LogP contribution in [0.15, 0.2) is 0 Å². The highest BCUT2D eigenvalue weighted by Crippen LogP contribution is 2.30. The minimum atomic E-state index is 0.116. The third-order valence-electron chi connectivity index (χ3n) is 5.15. The largest absolute Gasteiger partial charge is 0.375 e. The Morgan fingerprint density at radius 3 is 2.43 bits per heavy atom. The molecule has 0 saturated carbocycles. The van der Waals surface area contributed by atoms with Crippen LogP contribution in [-0.4, -0.2) is 72.7 Å². The van der Waals surface area contributed by atoms with E-state index in [1.165, 1.54) is 0 Å². The highest BCUT2D eigenvalue weighted by molar-refractivity contribution is 5.82. The van der Waals surface area contributed by atoms with Crippen LogP contribution in [0.3, 0.4) is 0 Å². The summed E-state index contributed by atoms with van der Waals surface area (Å²) >= 11 is 0. The second-order valence-corrected chi connectivity index (χ2v) is 6.85. The Kier molecular flexibility index (Phi) is 4.82. The fourth-order valence-corrected chi connectivity index (χ4v) is 4.23. The normalized spacial score (nSPS) is 38.7. The molecule has 5 heteroatoms. The molecule has 21 heavy (non-hydrogen) atoms. The molecule has 0 aromatic carbocycles. The fourth-order valence-electron chi connectivity index (χ4n) is 4.23. The summed E-state index contributed by atoms with van der Waals surface area (Å²) in [6, 6.07) is 0.633. The lowest BCUT2D eigenvalue weighted by Crippen LogP contribution is -2.55. The second kappa shape index (κ2) is 6.63. The van der Waals surface area contributed by atoms with E-state index in [4.69, 9.17) is 4.74 Å². The van der Waals surface area contributed by atoms with E-state index in [1.54, 1.807) is 0 Å². The molecule has 1 N–H and O–H groups in total. The van der Waals surface area contributed by atoms with Crippen LogP contribution in [0.2, 0.25) is 0 Å². The van der Waals surface area contributed by atoms with Crippen molar-refractivity contribution in [3.63, 3.8) is 0 Å². The zero-order valence-electron chi connectivity index (χ0n) is 13.4. The van der Waals surface area contributed by atoms with Gasteiger partial charge in [-0.05, 0) is 46.1 Å². The predicted molar refractivity (Wildman–Crippen MR) is 82.2 cm³/mol. The van der Waals surface area contributed by atoms with E-state index in [9.17, 15) is 4.79 Å². The van der Waals surface area contributed by atoms with Crippen molar-refractivity contribution in [3.8, 4) is 0 Å². The number of nitrogens with zero attached hydrogens (tertiary/aromatic N) is 2. The number of amides is 1. The molecule has 3 rings (SSSR count). The Bertz CT molecular complexity index is 361. The summed E-state index contributed by atoms with van der Waals surface area (Å²) in [5.74, 6) is 0.362. The number of nitrogens with one attached hydrogen (secondary N) is 1. The molecule has 3 aliphatic rings. The molecule has 1 amide bonds. The Morgan fingerprint density at radius 2 is 1.76 bits per heavy atom. The number of ether oxygens (including phenoxy) is 1. The van der Waals surface area contributed by atoms with Crippen molar-refractivity contribution in [2.45, 2.75) is 63.8 Å². The van der Waals surface area contributed by atoms with Gasteiger partial charge in [0.1, 0.15) is 0 Å². The molecule has 3 heterocycles. The van der Waals surface area contributed by atoms with Crippen molar-refractivity contribution in [3.05, 3.63) is 0 Å². The highest BCUT2D eigenvalue weighted by atomic mass is 16.5. The molecule has 0 spiro atoms. The quantitative estimate of drug-likeness (QED) is 0.820. The summed E-state index contributed by atoms with van der Waals surface area (Å²) in [7, 11) is 0. The van der Waals surface area contributed by atoms with Gasteiger partial charge in [-0.25, -0.2) is 0 Å². The summed E-state index contributed by atoms with van der Waals surface area (Å²) in [6.45, 7) is 8.99. The highest BCUT2D eigenvalue weighted by Gasteiger charge is 2.40. The van der Waals surface area contributed by atoms with Gasteiger partial charge in [-0.1, -0.05) is 0 Å². The molecule has 0 bridgehead atoms. The first-order chi connectivity index (χ1) is 10.1. The summed E-state index contributed by atoms with van der Waals surface area (Å²) in [5, 5.41) is 3.32. The van der Waals surface area contributed by atoms with Gasteiger partial charge in [0.15, 0.2) is 0 Å². The van der Waals surface area contributed by atoms with E-state index in [1.807, 2.05) is 0 Å². The van der Waals surface area contributed by atoms with Crippen LogP contribution in [0.1, 0.15) is 39.5 Å². The number of carbonyl (C=O) groups is 1. The number of carbonyl (C=O) groups excluding carboxylic acids is 1. The van der Waals surface area contributed by atoms with E-state index < -0.39 is 0 Å². The van der Waals surface area contributed by atoms with Crippen LogP contribution >= 0.6 is 0 Å². The number of piperazine rings is 1. The van der Waals surface area contributed by atoms with Gasteiger partial charge in [0.25, 0.3) is 0 Å². The standard InChI is InChI=1S/C16H29N3O2/c1-12-10-14(11-13(2)21-12)19-7-3-4-15(19)16(20)18-8-5-17-6-9-18/h12-15,17H,3-11H2,1-2H3. The van der Waals surface area contributed by atoms with Crippen molar-refractivity contribution >= 4 is 5.91 Å². The maximum atomic E-state index is 12.8. The number of likely N-dealkylation sites (tertiary alicyclic amines) is 1. The molecule has 0 aliphatic carbocycles. The molecule has 0 aromatic rings. The maximum absolute atomic E-state index is 12.8. The van der Waals surface area contributed by atoms with E-state index in [0.29, 0.717) is 24.2 Å². The van der Waals surface area contributed by atoms with Gasteiger partial charge in [0.2, 0.25) is 5.91 Å². The molecular weight excluding hydrogens is 266 g/mol. The van der Waals surface area contributed by atoms with E-state index >= 15 is 0 Å². The Hall–Kier alpha value is -0.650. The molecule has 3 aliphatic heterocycles. The minimum absolute atomic E-state index is 0.116. The Labute approximate surface area is 128 Å². The average Bonchev–Trinajstić information content (AvgIpc) is 2.96. The molecule has 3 fully saturated rings. The van der Waals surface area contributed by atoms with Crippen molar-refractivity contribution < 1.29 is 9.53 Å². The molecular formula is C16H29N3O2. The maximum Gasteiger partial charge on any atom is 0.240 e. The first-order valence-electron chi connectivity index (χ1n) is 8.56. The Morgan fingerprint density at radius 1 is 1.10 bits per heavy atom. The van der Waals surface area contributed by atoms with Crippen LogP contribution in [0.5, 0.6) is 0 Å². The summed E-state index contributed by atoms with van der Waals surface area (Å²) in [4.78, 5) is 17.4. The molecule has 3 atom stereocenters. The van der Waals surface area contributed by atoms with Crippen molar-refractivity contribution in [1.82, 2.24) is 15.1 Å². The zero-order chi connectivity index (χ0) is 14.8. The van der Waals surface area contributed by atoms with Crippen molar-refractivity contribution in [2.24, 2.45) is 0 Å². The first-order valence-corrected chi connectivity index (χ1v) is 8.56. The molecule has 3 unspecified atom stereocenters. The number of hydrogen-bond acceptors (Lipinski definition) is 4. The summed E-state index contributed by atoms with van der Waals surface area (Å²) in [6.07, 6.45) is 4.94. The zero-order valence-corrected chi connectivity index (χ0v) is 13.4. The molecule has 0 aromatic heterocycles. The topological polar surface area (TPSA) is 44.8 Å². The van der Waals surface area contributed by atoms with E-state index in [0.717, 1.165) is 58.4 Å². The lowest BCUT2D eigenvalue weighted by molar-refractivity contribution is -0.139. The second-order valence-electron chi connectivity index (χ2n) is 6.85. The molecule has 0 radical (unpaired) electrons. The predicted octanol–water partition coefficient (Wildman–Crippen LogP) is 0.839. The van der Waals surface area contributed by atoms with Crippen LogP contribution in [0, 0.1) is 0 Å². The van der Waals surface area contributed by atoms with Crippen LogP contribution < -0.4 is 5.32 Å². The minimum Gasteiger partial charge on any atom is -0.375 e. The van der Waals surface area contributed by atoms with Crippen LogP contribution in [-0.2, 0) is 9.53 Å². The molecule has 3 saturated heterocycles. The van der Waals surface area contributed by atoms with Crippen molar-refractivity contribution in [1.29, 1.82) is 0 Å². The fraction of sp³-hybridized carbons (Fsp3) is 0.938. The first kappa shape index (κ1) is 15.3. The SMILES string of the molecule is CC1CC(N2CCCC2C(=O)N2CCNCC2)CC(C)O1. The Balaban J connectivity index is 1.65. The third kappa shape index (κ3) is 3.41. The van der Waals surface area contributed by atoms with Gasteiger partial charge >= 0.3 is 0 Å². The van der Waals surface area contributed by atoms with Crippen LogP contribution in [0.25, 0.3) is 0 Å². The third-order valence-corrected chi connectivity index (χ3v) is 5.15. The van der Waals surface area contributed by atoms with Gasteiger partial charge < -0.3 is 15.0 Å². The lowest BCUT2D eigenvalue weighted by atomic mass is 9.97. The summed E-state index contributed by atoms with van der Waals surface area (Å²) < 4.78 is 5.86. The van der Waals surface area contributed by atoms with Gasteiger partial charge in [0.05, 0.1) is 18.2 Å².